The predicted octanol–water partition coefficient (Wildman–Crippen LogP) is 1.96. The molecule has 1 aliphatic heterocycles. The molecule has 0 aliphatic carbocycles. The van der Waals surface area contributed by atoms with E-state index in [1.165, 1.54) is 31.3 Å². The Bertz CT molecular complexity index is 962. The van der Waals surface area contributed by atoms with Crippen molar-refractivity contribution in [2.45, 2.75) is 38.3 Å². The lowest BCUT2D eigenvalue weighted by Crippen LogP contribution is -2.52. The molecule has 2 aromatic rings. The maximum absolute atomic E-state index is 14.0. The molecule has 0 radical (unpaired) electrons. The topological polar surface area (TPSA) is 117 Å². The number of amides is 2. The molecule has 2 N–H and O–H groups in total. The number of nitrogens with zero attached hydrogens (tertiary/aromatic N) is 3. The lowest BCUT2D eigenvalue weighted by Gasteiger charge is -2.33. The maximum atomic E-state index is 14.0. The minimum Gasteiger partial charge on any atom is -0.351 e. The van der Waals surface area contributed by atoms with E-state index in [2.05, 4.69) is 15.6 Å². The van der Waals surface area contributed by atoms with E-state index >= 15 is 0 Å². The number of benzene rings is 1. The minimum atomic E-state index is -0.899. The zero-order valence-corrected chi connectivity index (χ0v) is 17.1. The summed E-state index contributed by atoms with van der Waals surface area (Å²) in [6.45, 7) is 2.28. The van der Waals surface area contributed by atoms with Crippen LogP contribution in [0.4, 0.5) is 15.9 Å². The molecular weight excluding hydrogens is 405 g/mol. The molecule has 0 bridgehead atoms. The van der Waals surface area contributed by atoms with Crippen molar-refractivity contribution in [3.63, 3.8) is 0 Å². The number of pyridine rings is 1. The van der Waals surface area contributed by atoms with E-state index in [-0.39, 0.29) is 30.0 Å². The number of carbonyl (C=O) groups is 2. The summed E-state index contributed by atoms with van der Waals surface area (Å²) in [5, 5.41) is 16.7. The fourth-order valence-corrected chi connectivity index (χ4v) is 3.65. The largest absolute Gasteiger partial charge is 0.351 e. The number of nitro groups is 1. The Morgan fingerprint density at radius 3 is 2.61 bits per heavy atom. The molecule has 1 saturated heterocycles. The van der Waals surface area contributed by atoms with Crippen molar-refractivity contribution in [1.29, 1.82) is 0 Å². The fourth-order valence-electron chi connectivity index (χ4n) is 3.65. The highest BCUT2D eigenvalue weighted by molar-refractivity contribution is 5.87. The standard InChI is InChI=1S/C21H24FN5O4/c1-14(28)24-18(13-15-5-2-3-6-17(15)22)21(29)25-16-8-11-26(12-9-16)20-19(27(30)31)7-4-10-23-20/h2-7,10,16,18H,8-9,11-13H2,1H3,(H,24,28)(H,25,29)/t18-/m1/s1. The van der Waals surface area contributed by atoms with Gasteiger partial charge in [0.15, 0.2) is 0 Å². The molecule has 1 aromatic heterocycles. The summed E-state index contributed by atoms with van der Waals surface area (Å²) in [6.07, 6.45) is 2.67. The van der Waals surface area contributed by atoms with Crippen molar-refractivity contribution < 1.29 is 18.9 Å². The van der Waals surface area contributed by atoms with E-state index in [1.807, 2.05) is 4.90 Å². The molecule has 0 unspecified atom stereocenters. The van der Waals surface area contributed by atoms with Crippen LogP contribution in [0, 0.1) is 15.9 Å². The van der Waals surface area contributed by atoms with Crippen LogP contribution in [0.5, 0.6) is 0 Å². The summed E-state index contributed by atoms with van der Waals surface area (Å²) < 4.78 is 14.0. The van der Waals surface area contributed by atoms with Crippen molar-refractivity contribution in [1.82, 2.24) is 15.6 Å². The SMILES string of the molecule is CC(=O)N[C@H](Cc1ccccc1F)C(=O)NC1CCN(c2ncccc2[N+](=O)[O-])CC1. The summed E-state index contributed by atoms with van der Waals surface area (Å²) in [7, 11) is 0. The fraction of sp³-hybridized carbons (Fsp3) is 0.381. The molecule has 1 aliphatic rings. The first-order valence-electron chi connectivity index (χ1n) is 10.0. The Morgan fingerprint density at radius 1 is 1.26 bits per heavy atom. The third kappa shape index (κ3) is 5.74. The van der Waals surface area contributed by atoms with E-state index in [4.69, 9.17) is 0 Å². The minimum absolute atomic E-state index is 0.0388. The van der Waals surface area contributed by atoms with Crippen LogP contribution in [-0.2, 0) is 16.0 Å². The smallest absolute Gasteiger partial charge is 0.311 e. The van der Waals surface area contributed by atoms with Crippen LogP contribution in [0.15, 0.2) is 42.6 Å². The van der Waals surface area contributed by atoms with Gasteiger partial charge in [0.1, 0.15) is 11.9 Å². The molecule has 10 heteroatoms. The highest BCUT2D eigenvalue weighted by atomic mass is 19.1. The lowest BCUT2D eigenvalue weighted by molar-refractivity contribution is -0.384. The van der Waals surface area contributed by atoms with Crippen LogP contribution < -0.4 is 15.5 Å². The molecule has 1 aromatic carbocycles. The number of rotatable bonds is 7. The summed E-state index contributed by atoms with van der Waals surface area (Å²) in [5.74, 6) is -0.890. The Labute approximate surface area is 178 Å². The zero-order chi connectivity index (χ0) is 22.4. The molecule has 0 spiro atoms. The van der Waals surface area contributed by atoms with Gasteiger partial charge in [-0.2, -0.15) is 0 Å². The van der Waals surface area contributed by atoms with Crippen molar-refractivity contribution in [2.75, 3.05) is 18.0 Å². The number of nitrogens with one attached hydrogen (secondary N) is 2. The van der Waals surface area contributed by atoms with Gasteiger partial charge in [-0.3, -0.25) is 19.7 Å². The number of halogens is 1. The van der Waals surface area contributed by atoms with Gasteiger partial charge in [-0.05, 0) is 30.5 Å². The van der Waals surface area contributed by atoms with E-state index in [1.54, 1.807) is 18.2 Å². The average molecular weight is 429 g/mol. The third-order valence-electron chi connectivity index (χ3n) is 5.18. The summed E-state index contributed by atoms with van der Waals surface area (Å²) in [4.78, 5) is 41.1. The summed E-state index contributed by atoms with van der Waals surface area (Å²) in [6, 6.07) is 8.00. The van der Waals surface area contributed by atoms with E-state index < -0.39 is 16.8 Å². The molecule has 164 valence electrons. The van der Waals surface area contributed by atoms with Crippen LogP contribution in [-0.4, -0.2) is 46.9 Å². The van der Waals surface area contributed by atoms with Gasteiger partial charge in [0.25, 0.3) is 0 Å². The molecule has 1 atom stereocenters. The quantitative estimate of drug-likeness (QED) is 0.513. The predicted molar refractivity (Wildman–Crippen MR) is 112 cm³/mol. The Balaban J connectivity index is 1.61. The second-order valence-electron chi connectivity index (χ2n) is 7.42. The Morgan fingerprint density at radius 2 is 1.97 bits per heavy atom. The van der Waals surface area contributed by atoms with Gasteiger partial charge in [0.05, 0.1) is 4.92 Å². The van der Waals surface area contributed by atoms with Gasteiger partial charge >= 0.3 is 5.69 Å². The molecule has 3 rings (SSSR count). The van der Waals surface area contributed by atoms with Crippen molar-refractivity contribution in [2.24, 2.45) is 0 Å². The van der Waals surface area contributed by atoms with Crippen LogP contribution in [0.25, 0.3) is 0 Å². The number of hydrogen-bond acceptors (Lipinski definition) is 6. The van der Waals surface area contributed by atoms with Crippen LogP contribution >= 0.6 is 0 Å². The number of hydrogen-bond donors (Lipinski definition) is 2. The number of aromatic nitrogens is 1. The first-order chi connectivity index (χ1) is 14.8. The number of piperidine rings is 1. The van der Waals surface area contributed by atoms with E-state index in [0.717, 1.165) is 0 Å². The van der Waals surface area contributed by atoms with Gasteiger partial charge in [-0.15, -0.1) is 0 Å². The van der Waals surface area contributed by atoms with Crippen LogP contribution in [0.2, 0.25) is 0 Å². The molecule has 2 amide bonds. The molecule has 0 saturated carbocycles. The number of carbonyl (C=O) groups excluding carboxylic acids is 2. The van der Waals surface area contributed by atoms with Gasteiger partial charge in [0, 0.05) is 44.7 Å². The third-order valence-corrected chi connectivity index (χ3v) is 5.18. The summed E-state index contributed by atoms with van der Waals surface area (Å²) >= 11 is 0. The first-order valence-corrected chi connectivity index (χ1v) is 10.0. The second kappa shape index (κ2) is 9.96. The van der Waals surface area contributed by atoms with Crippen molar-refractivity contribution in [3.05, 3.63) is 64.1 Å². The van der Waals surface area contributed by atoms with E-state index in [9.17, 15) is 24.1 Å². The molecule has 1 fully saturated rings. The van der Waals surface area contributed by atoms with E-state index in [0.29, 0.717) is 37.3 Å². The van der Waals surface area contributed by atoms with Crippen molar-refractivity contribution in [3.8, 4) is 0 Å². The second-order valence-corrected chi connectivity index (χ2v) is 7.42. The first kappa shape index (κ1) is 22.1. The highest BCUT2D eigenvalue weighted by Gasteiger charge is 2.28. The lowest BCUT2D eigenvalue weighted by atomic mass is 10.0. The molecule has 31 heavy (non-hydrogen) atoms. The van der Waals surface area contributed by atoms with Gasteiger partial charge in [-0.1, -0.05) is 18.2 Å². The van der Waals surface area contributed by atoms with Gasteiger partial charge < -0.3 is 15.5 Å². The van der Waals surface area contributed by atoms with Crippen molar-refractivity contribution >= 4 is 23.3 Å². The van der Waals surface area contributed by atoms with Gasteiger partial charge in [0.2, 0.25) is 17.6 Å². The van der Waals surface area contributed by atoms with Crippen LogP contribution in [0.1, 0.15) is 25.3 Å². The Kier molecular flexibility index (Phi) is 7.11. The van der Waals surface area contributed by atoms with Gasteiger partial charge in [-0.25, -0.2) is 9.37 Å². The molecule has 9 nitrogen and oxygen atoms in total. The normalized spacial score (nSPS) is 15.2. The molecular formula is C21H24FN5O4. The number of anilines is 1. The average Bonchev–Trinajstić information content (AvgIpc) is 2.75. The molecule has 2 heterocycles. The monoisotopic (exact) mass is 429 g/mol. The highest BCUT2D eigenvalue weighted by Crippen LogP contribution is 2.27. The summed E-state index contributed by atoms with van der Waals surface area (Å²) in [5.41, 5.74) is 0.286. The zero-order valence-electron chi connectivity index (χ0n) is 17.1. The maximum Gasteiger partial charge on any atom is 0.311 e. The van der Waals surface area contributed by atoms with Crippen LogP contribution in [0.3, 0.4) is 0 Å². The Hall–Kier alpha value is -3.56.